The summed E-state index contributed by atoms with van der Waals surface area (Å²) in [6, 6.07) is 0. The molecule has 0 aromatic carbocycles. The first-order valence-electron chi connectivity index (χ1n) is 41.7. The van der Waals surface area contributed by atoms with Crippen molar-refractivity contribution in [2.24, 2.45) is 0 Å². The van der Waals surface area contributed by atoms with Gasteiger partial charge in [0.15, 0.2) is 12.2 Å². The van der Waals surface area contributed by atoms with Crippen molar-refractivity contribution in [1.29, 1.82) is 0 Å². The molecule has 0 aliphatic rings. The lowest BCUT2D eigenvalue weighted by molar-refractivity contribution is -0.161. The normalized spacial score (nSPS) is 14.8. The van der Waals surface area contributed by atoms with E-state index in [4.69, 9.17) is 37.0 Å². The summed E-state index contributed by atoms with van der Waals surface area (Å²) in [4.78, 5) is 73.2. The van der Waals surface area contributed by atoms with Gasteiger partial charge in [0.1, 0.15) is 19.3 Å². The molecule has 0 aliphatic heterocycles. The number of phosphoric ester groups is 2. The lowest BCUT2D eigenvalue weighted by Crippen LogP contribution is -2.30. The number of aliphatic hydroxyl groups excluding tert-OH is 1. The number of esters is 4. The lowest BCUT2D eigenvalue weighted by Gasteiger charge is -2.21. The van der Waals surface area contributed by atoms with Gasteiger partial charge in [0.25, 0.3) is 0 Å². The molecule has 0 bridgehead atoms. The number of carbonyl (C=O) groups excluding carboxylic acids is 4. The first-order valence-corrected chi connectivity index (χ1v) is 44.7. The predicted octanol–water partition coefficient (Wildman–Crippen LogP) is 24.9. The van der Waals surface area contributed by atoms with E-state index >= 15 is 0 Å². The number of phosphoric acid groups is 2. The van der Waals surface area contributed by atoms with Crippen molar-refractivity contribution in [1.82, 2.24) is 0 Å². The van der Waals surface area contributed by atoms with Gasteiger partial charge in [0.05, 0.1) is 26.4 Å². The number of carbonyl (C=O) groups is 4. The van der Waals surface area contributed by atoms with E-state index in [1.807, 2.05) is 12.2 Å². The second-order valence-corrected chi connectivity index (χ2v) is 29.8. The van der Waals surface area contributed by atoms with E-state index in [0.717, 1.165) is 173 Å². The Morgan fingerprint density at radius 2 is 0.482 bits per heavy atom. The Kier molecular flexibility index (Phi) is 76.4. The van der Waals surface area contributed by atoms with Crippen LogP contribution < -0.4 is 0 Å². The third-order valence-corrected chi connectivity index (χ3v) is 18.4. The number of aliphatic hydroxyl groups is 1. The number of allylic oxidation sites excluding steroid dienone is 32. The Morgan fingerprint density at radius 1 is 0.264 bits per heavy atom. The molecule has 0 rings (SSSR count). The van der Waals surface area contributed by atoms with Gasteiger partial charge in [-0.3, -0.25) is 37.3 Å². The van der Waals surface area contributed by atoms with Crippen LogP contribution >= 0.6 is 15.6 Å². The highest BCUT2D eigenvalue weighted by Crippen LogP contribution is 2.45. The molecule has 5 atom stereocenters. The van der Waals surface area contributed by atoms with Crippen LogP contribution in [0.25, 0.3) is 0 Å². The van der Waals surface area contributed by atoms with Crippen LogP contribution in [0.3, 0.4) is 0 Å². The highest BCUT2D eigenvalue weighted by atomic mass is 31.2. The van der Waals surface area contributed by atoms with Crippen molar-refractivity contribution in [2.75, 3.05) is 39.6 Å². The first-order chi connectivity index (χ1) is 53.7. The van der Waals surface area contributed by atoms with Crippen molar-refractivity contribution in [3.8, 4) is 0 Å². The molecule has 0 aromatic heterocycles. The highest BCUT2D eigenvalue weighted by Gasteiger charge is 2.30. The molecule has 3 N–H and O–H groups in total. The molecule has 0 fully saturated rings. The van der Waals surface area contributed by atoms with Gasteiger partial charge in [-0.05, 0) is 186 Å². The first kappa shape index (κ1) is 104. The van der Waals surface area contributed by atoms with Crippen LogP contribution in [0.4, 0.5) is 0 Å². The third kappa shape index (κ3) is 80.0. The van der Waals surface area contributed by atoms with Gasteiger partial charge in [-0.15, -0.1) is 0 Å². The quantitative estimate of drug-likeness (QED) is 0.0169. The highest BCUT2D eigenvalue weighted by molar-refractivity contribution is 7.47. The van der Waals surface area contributed by atoms with Crippen LogP contribution in [-0.2, 0) is 65.4 Å². The van der Waals surface area contributed by atoms with Crippen LogP contribution in [0.5, 0.6) is 0 Å². The maximum Gasteiger partial charge on any atom is 0.472 e. The second-order valence-electron chi connectivity index (χ2n) is 26.9. The molecule has 0 saturated heterocycles. The summed E-state index contributed by atoms with van der Waals surface area (Å²) < 4.78 is 68.6. The summed E-state index contributed by atoms with van der Waals surface area (Å²) in [5, 5.41) is 10.7. The van der Waals surface area contributed by atoms with E-state index in [1.54, 1.807) is 0 Å². The summed E-state index contributed by atoms with van der Waals surface area (Å²) in [5.74, 6) is -2.35. The van der Waals surface area contributed by atoms with E-state index < -0.39 is 97.5 Å². The van der Waals surface area contributed by atoms with E-state index in [1.165, 1.54) is 38.5 Å². The molecule has 17 nitrogen and oxygen atoms in total. The average molecular weight is 1570 g/mol. The molecule has 2 unspecified atom stereocenters. The SMILES string of the molecule is CC/C=C\C/C=C\C/C=C\C/C=C\C/C=C\CCCCCC(=O)OC[C@H](COP(=O)(O)OC[C@@H](O)COP(=O)(O)OC[C@@H](COC(=O)CCC/C=C\C/C=C\C/C=C\C/C=C\CCCCC)OC(=O)CCCCC/C=C\C/C=C\C/C=C\C/C=C\C/C=C\CC)OC(=O)CCCCCCC/C=C\C/C=C\CCCCC. The number of unbranched alkanes of at least 4 members (excludes halogenated alkanes) is 18. The smallest absolute Gasteiger partial charge is 0.462 e. The molecule has 0 radical (unpaired) electrons. The molecule has 0 spiro atoms. The Balaban J connectivity index is 5.53. The Hall–Kier alpha value is -6.10. The van der Waals surface area contributed by atoms with Crippen LogP contribution in [0, 0.1) is 0 Å². The molecule has 19 heteroatoms. The van der Waals surface area contributed by atoms with Gasteiger partial charge in [-0.1, -0.05) is 280 Å². The molecule has 0 aliphatic carbocycles. The minimum Gasteiger partial charge on any atom is -0.462 e. The molecule has 0 saturated carbocycles. The molecule has 110 heavy (non-hydrogen) atoms. The predicted molar refractivity (Wildman–Crippen MR) is 454 cm³/mol. The summed E-state index contributed by atoms with van der Waals surface area (Å²) in [7, 11) is -10.0. The summed E-state index contributed by atoms with van der Waals surface area (Å²) in [6.07, 6.45) is 99.8. The molecule has 0 amide bonds. The molecule has 0 aromatic rings. The van der Waals surface area contributed by atoms with Crippen LogP contribution in [0.2, 0.25) is 0 Å². The van der Waals surface area contributed by atoms with Crippen molar-refractivity contribution >= 4 is 39.5 Å². The van der Waals surface area contributed by atoms with Gasteiger partial charge >= 0.3 is 39.5 Å². The largest absolute Gasteiger partial charge is 0.472 e. The minimum absolute atomic E-state index is 0.0354. The number of hydrogen-bond acceptors (Lipinski definition) is 15. The minimum atomic E-state index is -5.02. The fourth-order valence-electron chi connectivity index (χ4n) is 10.2. The Labute approximate surface area is 666 Å². The van der Waals surface area contributed by atoms with Crippen molar-refractivity contribution in [3.63, 3.8) is 0 Å². The van der Waals surface area contributed by atoms with Crippen molar-refractivity contribution in [3.05, 3.63) is 194 Å². The van der Waals surface area contributed by atoms with Crippen LogP contribution in [0.1, 0.15) is 297 Å². The summed E-state index contributed by atoms with van der Waals surface area (Å²) in [5.41, 5.74) is 0. The van der Waals surface area contributed by atoms with Crippen LogP contribution in [0.15, 0.2) is 194 Å². The van der Waals surface area contributed by atoms with Crippen LogP contribution in [-0.4, -0.2) is 96.7 Å². The van der Waals surface area contributed by atoms with Gasteiger partial charge in [0, 0.05) is 25.7 Å². The van der Waals surface area contributed by atoms with E-state index in [0.29, 0.717) is 32.1 Å². The second kappa shape index (κ2) is 80.9. The Morgan fingerprint density at radius 3 is 0.773 bits per heavy atom. The van der Waals surface area contributed by atoms with E-state index in [9.17, 15) is 43.2 Å². The molecule has 0 heterocycles. The van der Waals surface area contributed by atoms with Crippen molar-refractivity contribution in [2.45, 2.75) is 316 Å². The zero-order valence-electron chi connectivity index (χ0n) is 68.1. The Bertz CT molecular complexity index is 2850. The fourth-order valence-corrected chi connectivity index (χ4v) is 11.8. The zero-order chi connectivity index (χ0) is 80.3. The van der Waals surface area contributed by atoms with E-state index in [2.05, 4.69) is 210 Å². The monoisotopic (exact) mass is 1570 g/mol. The maximum absolute atomic E-state index is 13.1. The van der Waals surface area contributed by atoms with Gasteiger partial charge < -0.3 is 33.8 Å². The molecular formula is C91H146O17P2. The maximum atomic E-state index is 13.1. The topological polar surface area (TPSA) is 237 Å². The zero-order valence-corrected chi connectivity index (χ0v) is 69.9. The standard InChI is InChI=1S/C91H146O17P2/c1-5-9-13-17-21-25-29-33-37-40-42-45-49-52-56-60-64-68-72-76-89(94)102-81-86(107-90(95)77-73-69-65-61-57-53-47-36-32-28-24-20-16-12-8-4)83-105-109(97,98)103-79-85(92)80-104-110(99,100)106-84-87(82-101-88(93)75-71-67-63-59-55-51-48-44-39-35-31-27-23-19-15-11-7-3)108-91(96)78-74-70-66-62-58-54-50-46-43-41-38-34-30-26-22-18-14-10-6-2/h9-10,13-14,21-28,33-39,42-43,45-48,51-52,54,56,58-59,63,85-87,92H,5-8,11-12,15-20,29-32,40-41,44,49-50,53,55,57,60-62,64-84H2,1-4H3,(H,97,98)(H,99,100)/b13-9-,14-10-,25-21-,26-22-,27-23-,28-24-,37-33-,38-34-,39-35-,45-42-,46-43-,47-36-,51-48-,56-52-,58-54-,63-59-/t85-,86-,87-/m1/s1. The third-order valence-electron chi connectivity index (χ3n) is 16.5. The molecule has 622 valence electrons. The number of ether oxygens (including phenoxy) is 4. The fraction of sp³-hybridized carbons (Fsp3) is 0.604. The summed E-state index contributed by atoms with van der Waals surface area (Å²) in [6.45, 7) is 4.42. The van der Waals surface area contributed by atoms with Crippen molar-refractivity contribution < 1.29 is 80.2 Å². The summed E-state index contributed by atoms with van der Waals surface area (Å²) >= 11 is 0. The number of hydrogen-bond donors (Lipinski definition) is 3. The van der Waals surface area contributed by atoms with E-state index in [-0.39, 0.29) is 25.7 Å². The lowest BCUT2D eigenvalue weighted by atomic mass is 10.1. The van der Waals surface area contributed by atoms with Gasteiger partial charge in [-0.2, -0.15) is 0 Å². The number of rotatable bonds is 76. The molecular weight excluding hydrogens is 1430 g/mol. The van der Waals surface area contributed by atoms with Gasteiger partial charge in [-0.25, -0.2) is 9.13 Å². The van der Waals surface area contributed by atoms with Gasteiger partial charge in [0.2, 0.25) is 0 Å². The average Bonchev–Trinajstić information content (AvgIpc) is 0.882.